The molecule has 2 N–H and O–H groups in total. The van der Waals surface area contributed by atoms with Crippen molar-refractivity contribution in [2.75, 3.05) is 13.2 Å². The third-order valence-electron chi connectivity index (χ3n) is 4.38. The van der Waals surface area contributed by atoms with Crippen molar-refractivity contribution in [3.63, 3.8) is 0 Å². The molecule has 1 unspecified atom stereocenters. The van der Waals surface area contributed by atoms with E-state index in [0.717, 1.165) is 25.0 Å². The molecule has 3 heteroatoms. The van der Waals surface area contributed by atoms with Crippen LogP contribution in [-0.4, -0.2) is 30.4 Å². The fourth-order valence-electron chi connectivity index (χ4n) is 3.11. The highest BCUT2D eigenvalue weighted by molar-refractivity contribution is 5.34. The maximum atomic E-state index is 9.57. The van der Waals surface area contributed by atoms with E-state index in [-0.39, 0.29) is 12.1 Å². The van der Waals surface area contributed by atoms with Gasteiger partial charge in [0.15, 0.2) is 0 Å². The van der Waals surface area contributed by atoms with Crippen molar-refractivity contribution in [3.8, 4) is 5.75 Å². The van der Waals surface area contributed by atoms with Crippen LogP contribution in [-0.2, 0) is 12.8 Å². The SMILES string of the molecule is Cc1cccc(CCc2ccccc2OCC2C[C@@H](O)CN2)c1. The number of hydrogen-bond donors (Lipinski definition) is 2. The quantitative estimate of drug-likeness (QED) is 0.862. The Hall–Kier alpha value is -1.84. The van der Waals surface area contributed by atoms with Crippen LogP contribution in [0.5, 0.6) is 5.75 Å². The summed E-state index contributed by atoms with van der Waals surface area (Å²) in [5.74, 6) is 0.961. The molecule has 0 saturated carbocycles. The second-order valence-corrected chi connectivity index (χ2v) is 6.40. The zero-order valence-electron chi connectivity index (χ0n) is 13.7. The van der Waals surface area contributed by atoms with Gasteiger partial charge in [0.2, 0.25) is 0 Å². The fraction of sp³-hybridized carbons (Fsp3) is 0.400. The second-order valence-electron chi connectivity index (χ2n) is 6.40. The molecular weight excluding hydrogens is 286 g/mol. The summed E-state index contributed by atoms with van der Waals surface area (Å²) in [6, 6.07) is 17.2. The molecule has 23 heavy (non-hydrogen) atoms. The molecule has 0 amide bonds. The Balaban J connectivity index is 1.59. The van der Waals surface area contributed by atoms with Crippen molar-refractivity contribution in [2.24, 2.45) is 0 Å². The number of nitrogens with one attached hydrogen (secondary N) is 1. The van der Waals surface area contributed by atoms with E-state index in [2.05, 4.69) is 48.6 Å². The van der Waals surface area contributed by atoms with Crippen molar-refractivity contribution in [1.29, 1.82) is 0 Å². The summed E-state index contributed by atoms with van der Waals surface area (Å²) in [5, 5.41) is 12.9. The summed E-state index contributed by atoms with van der Waals surface area (Å²) >= 11 is 0. The van der Waals surface area contributed by atoms with Gasteiger partial charge in [-0.3, -0.25) is 0 Å². The largest absolute Gasteiger partial charge is 0.492 e. The molecule has 1 aliphatic rings. The number of β-amino-alcohol motifs (C(OH)–C–C–N with tert-alkyl or cyclic N) is 1. The molecule has 1 aliphatic heterocycles. The van der Waals surface area contributed by atoms with Gasteiger partial charge in [-0.1, -0.05) is 48.0 Å². The van der Waals surface area contributed by atoms with E-state index in [4.69, 9.17) is 4.74 Å². The predicted molar refractivity (Wildman–Crippen MR) is 92.9 cm³/mol. The van der Waals surface area contributed by atoms with Crippen molar-refractivity contribution >= 4 is 0 Å². The zero-order valence-corrected chi connectivity index (χ0v) is 13.7. The van der Waals surface area contributed by atoms with E-state index in [1.165, 1.54) is 16.7 Å². The maximum Gasteiger partial charge on any atom is 0.122 e. The summed E-state index contributed by atoms with van der Waals surface area (Å²) in [6.07, 6.45) is 2.52. The van der Waals surface area contributed by atoms with Crippen LogP contribution in [0.3, 0.4) is 0 Å². The third-order valence-corrected chi connectivity index (χ3v) is 4.38. The Morgan fingerprint density at radius 1 is 1.13 bits per heavy atom. The first kappa shape index (κ1) is 16.0. The summed E-state index contributed by atoms with van der Waals surface area (Å²) in [5.41, 5.74) is 3.91. The highest BCUT2D eigenvalue weighted by Gasteiger charge is 2.22. The Morgan fingerprint density at radius 3 is 2.78 bits per heavy atom. The van der Waals surface area contributed by atoms with Gasteiger partial charge < -0.3 is 15.2 Å². The molecule has 0 radical (unpaired) electrons. The van der Waals surface area contributed by atoms with Gasteiger partial charge in [-0.25, -0.2) is 0 Å². The Bertz CT molecular complexity index is 641. The lowest BCUT2D eigenvalue weighted by Crippen LogP contribution is -2.28. The highest BCUT2D eigenvalue weighted by Crippen LogP contribution is 2.21. The predicted octanol–water partition coefficient (Wildman–Crippen LogP) is 2.88. The molecule has 3 nitrogen and oxygen atoms in total. The molecule has 1 heterocycles. The minimum absolute atomic E-state index is 0.236. The van der Waals surface area contributed by atoms with Crippen LogP contribution in [0.4, 0.5) is 0 Å². The monoisotopic (exact) mass is 311 g/mol. The fourth-order valence-corrected chi connectivity index (χ4v) is 3.11. The summed E-state index contributed by atoms with van der Waals surface area (Å²) in [4.78, 5) is 0. The molecule has 0 spiro atoms. The van der Waals surface area contributed by atoms with Crippen LogP contribution < -0.4 is 10.1 Å². The van der Waals surface area contributed by atoms with Gasteiger partial charge in [0.05, 0.1) is 6.10 Å². The standard InChI is InChI=1S/C20H25NO2/c1-15-5-4-6-16(11-15)9-10-17-7-2-3-8-20(17)23-14-18-12-19(22)13-21-18/h2-8,11,18-19,21-22H,9-10,12-14H2,1H3/t18?,19-/m1/s1. The smallest absolute Gasteiger partial charge is 0.122 e. The average Bonchev–Trinajstić information content (AvgIpc) is 2.97. The molecule has 3 rings (SSSR count). The van der Waals surface area contributed by atoms with Crippen LogP contribution in [0.1, 0.15) is 23.1 Å². The van der Waals surface area contributed by atoms with Crippen molar-refractivity contribution in [2.45, 2.75) is 38.3 Å². The van der Waals surface area contributed by atoms with Gasteiger partial charge in [0.25, 0.3) is 0 Å². The number of aliphatic hydroxyl groups excluding tert-OH is 1. The number of aliphatic hydroxyl groups is 1. The number of rotatable bonds is 6. The molecule has 0 aromatic heterocycles. The molecular formula is C20H25NO2. The summed E-state index contributed by atoms with van der Waals surface area (Å²) in [6.45, 7) is 3.41. The number of hydrogen-bond acceptors (Lipinski definition) is 3. The molecule has 122 valence electrons. The van der Waals surface area contributed by atoms with Crippen molar-refractivity contribution < 1.29 is 9.84 Å². The molecule has 0 aliphatic carbocycles. The van der Waals surface area contributed by atoms with E-state index in [1.54, 1.807) is 0 Å². The molecule has 2 atom stereocenters. The number of aryl methyl sites for hydroxylation is 3. The average molecular weight is 311 g/mol. The summed E-state index contributed by atoms with van der Waals surface area (Å²) < 4.78 is 6.01. The van der Waals surface area contributed by atoms with E-state index >= 15 is 0 Å². The van der Waals surface area contributed by atoms with Gasteiger partial charge in [-0.05, 0) is 43.4 Å². The van der Waals surface area contributed by atoms with E-state index in [1.807, 2.05) is 12.1 Å². The normalized spacial score (nSPS) is 20.6. The third kappa shape index (κ3) is 4.57. The first-order valence-corrected chi connectivity index (χ1v) is 8.38. The molecule has 1 saturated heterocycles. The minimum atomic E-state index is -0.236. The lowest BCUT2D eigenvalue weighted by atomic mass is 10.0. The van der Waals surface area contributed by atoms with Crippen LogP contribution in [0.15, 0.2) is 48.5 Å². The van der Waals surface area contributed by atoms with E-state index in [9.17, 15) is 5.11 Å². The van der Waals surface area contributed by atoms with E-state index in [0.29, 0.717) is 13.2 Å². The van der Waals surface area contributed by atoms with Gasteiger partial charge >= 0.3 is 0 Å². The number of ether oxygens (including phenoxy) is 1. The minimum Gasteiger partial charge on any atom is -0.492 e. The van der Waals surface area contributed by atoms with Crippen molar-refractivity contribution in [3.05, 3.63) is 65.2 Å². The van der Waals surface area contributed by atoms with Crippen LogP contribution in [0.25, 0.3) is 0 Å². The zero-order chi connectivity index (χ0) is 16.1. The molecule has 2 aromatic rings. The lowest BCUT2D eigenvalue weighted by molar-refractivity contribution is 0.187. The molecule has 2 aromatic carbocycles. The Morgan fingerprint density at radius 2 is 2.00 bits per heavy atom. The number of para-hydroxylation sites is 1. The molecule has 0 bridgehead atoms. The van der Waals surface area contributed by atoms with Gasteiger partial charge in [0, 0.05) is 12.6 Å². The van der Waals surface area contributed by atoms with Crippen LogP contribution >= 0.6 is 0 Å². The molecule has 1 fully saturated rings. The van der Waals surface area contributed by atoms with Gasteiger partial charge in [0.1, 0.15) is 12.4 Å². The van der Waals surface area contributed by atoms with Gasteiger partial charge in [-0.15, -0.1) is 0 Å². The Labute approximate surface area is 138 Å². The number of benzene rings is 2. The second kappa shape index (κ2) is 7.62. The first-order chi connectivity index (χ1) is 11.2. The first-order valence-electron chi connectivity index (χ1n) is 8.38. The van der Waals surface area contributed by atoms with Crippen LogP contribution in [0, 0.1) is 6.92 Å². The van der Waals surface area contributed by atoms with E-state index < -0.39 is 0 Å². The Kier molecular flexibility index (Phi) is 5.31. The van der Waals surface area contributed by atoms with Crippen LogP contribution in [0.2, 0.25) is 0 Å². The lowest BCUT2D eigenvalue weighted by Gasteiger charge is -2.15. The van der Waals surface area contributed by atoms with Crippen molar-refractivity contribution in [1.82, 2.24) is 5.32 Å². The van der Waals surface area contributed by atoms with Gasteiger partial charge in [-0.2, -0.15) is 0 Å². The maximum absolute atomic E-state index is 9.57. The highest BCUT2D eigenvalue weighted by atomic mass is 16.5. The summed E-state index contributed by atoms with van der Waals surface area (Å²) in [7, 11) is 0. The topological polar surface area (TPSA) is 41.5 Å².